The third kappa shape index (κ3) is 3.78. The van der Waals surface area contributed by atoms with Crippen molar-refractivity contribution < 1.29 is 20.9 Å². The van der Waals surface area contributed by atoms with Crippen molar-refractivity contribution in [1.82, 2.24) is 14.5 Å². The van der Waals surface area contributed by atoms with E-state index in [0.717, 1.165) is 15.3 Å². The number of benzene rings is 6. The van der Waals surface area contributed by atoms with Crippen LogP contribution in [0.2, 0.25) is 0 Å². The molecule has 0 saturated carbocycles. The van der Waals surface area contributed by atoms with Gasteiger partial charge in [0.1, 0.15) is 11.2 Å². The van der Waals surface area contributed by atoms with Gasteiger partial charge in [-0.2, -0.15) is 0 Å². The van der Waals surface area contributed by atoms with E-state index in [2.05, 4.69) is 0 Å². The highest BCUT2D eigenvalue weighted by Gasteiger charge is 2.20. The molecule has 206 valence electrons. The van der Waals surface area contributed by atoms with Gasteiger partial charge in [0.25, 0.3) is 0 Å². The van der Waals surface area contributed by atoms with Gasteiger partial charge in [0.2, 0.25) is 0 Å². The zero-order chi connectivity index (χ0) is 39.5. The largest absolute Gasteiger partial charge is 0.455 e. The molecule has 0 aliphatic carbocycles. The Bertz CT molecular complexity index is 3150. The van der Waals surface area contributed by atoms with Gasteiger partial charge in [-0.1, -0.05) is 109 Å². The lowest BCUT2D eigenvalue weighted by atomic mass is 10.0. The van der Waals surface area contributed by atoms with Crippen LogP contribution >= 0.6 is 0 Å². The molecule has 6 aromatic carbocycles. The highest BCUT2D eigenvalue weighted by molar-refractivity contribution is 6.16. The Morgan fingerprint density at radius 1 is 0.568 bits per heavy atom. The van der Waals surface area contributed by atoms with Crippen LogP contribution in [-0.2, 0) is 0 Å². The molecule has 44 heavy (non-hydrogen) atoms. The van der Waals surface area contributed by atoms with Crippen LogP contribution in [0.25, 0.3) is 83.3 Å². The van der Waals surface area contributed by atoms with Crippen molar-refractivity contribution in [2.45, 2.75) is 0 Å². The van der Waals surface area contributed by atoms with Crippen molar-refractivity contribution in [2.24, 2.45) is 0 Å². The molecule has 3 heterocycles. The van der Waals surface area contributed by atoms with E-state index in [1.54, 1.807) is 30.3 Å². The van der Waals surface area contributed by atoms with E-state index < -0.39 is 78.2 Å². The summed E-state index contributed by atoms with van der Waals surface area (Å²) in [6.07, 6.45) is 0. The quantitative estimate of drug-likeness (QED) is 0.210. The number of furan rings is 1. The first-order valence-corrected chi connectivity index (χ1v) is 13.8. The molecule has 3 aromatic heterocycles. The normalized spacial score (nSPS) is 15.5. The van der Waals surface area contributed by atoms with E-state index in [1.807, 2.05) is 48.5 Å². The Morgan fingerprint density at radius 3 is 2.18 bits per heavy atom. The minimum atomic E-state index is -0.709. The predicted octanol–water partition coefficient (Wildman–Crippen LogP) is 10.5. The number of aromatic nitrogens is 3. The molecule has 9 rings (SSSR count). The van der Waals surface area contributed by atoms with Crippen molar-refractivity contribution in [2.75, 3.05) is 0 Å². The van der Waals surface area contributed by atoms with Gasteiger partial charge in [-0.05, 0) is 42.4 Å². The fourth-order valence-corrected chi connectivity index (χ4v) is 5.72. The SMILES string of the molecule is [2H]c1c([2H])c([2H])c(-n2c3c([2H])c([2H])c([2H])c([2H])c3c3c(-c4cc(-c5cccc6c5oc5ccccc56)nc(-c5ccccc5)n4)c([2H])c([2H])c([2H])c32)c([2H])c1[2H]. The summed E-state index contributed by atoms with van der Waals surface area (Å²) < 4.78 is 113. The van der Waals surface area contributed by atoms with Gasteiger partial charge >= 0.3 is 0 Å². The average Bonchev–Trinajstić information content (AvgIpc) is 3.77. The second-order valence-corrected chi connectivity index (χ2v) is 10.1. The molecule has 0 N–H and O–H groups in total. The molecular formula is C40H25N3O. The molecule has 9 aromatic rings. The Hall–Kier alpha value is -6.00. The minimum Gasteiger partial charge on any atom is -0.455 e. The molecule has 0 radical (unpaired) electrons. The van der Waals surface area contributed by atoms with Crippen LogP contribution in [0.3, 0.4) is 0 Å². The topological polar surface area (TPSA) is 43.9 Å². The van der Waals surface area contributed by atoms with Crippen LogP contribution in [0.1, 0.15) is 16.4 Å². The third-order valence-corrected chi connectivity index (χ3v) is 7.63. The van der Waals surface area contributed by atoms with Crippen LogP contribution in [0.4, 0.5) is 0 Å². The maximum absolute atomic E-state index is 9.35. The molecule has 0 bridgehead atoms. The van der Waals surface area contributed by atoms with Crippen molar-refractivity contribution in [1.29, 1.82) is 0 Å². The summed E-state index contributed by atoms with van der Waals surface area (Å²) >= 11 is 0. The number of para-hydroxylation sites is 4. The summed E-state index contributed by atoms with van der Waals surface area (Å²) in [5, 5.41) is 1.44. The molecule has 0 spiro atoms. The average molecular weight is 576 g/mol. The lowest BCUT2D eigenvalue weighted by Crippen LogP contribution is -1.97. The molecule has 0 aliphatic heterocycles. The third-order valence-electron chi connectivity index (χ3n) is 7.63. The zero-order valence-electron chi connectivity index (χ0n) is 34.8. The van der Waals surface area contributed by atoms with Crippen molar-refractivity contribution in [3.8, 4) is 39.6 Å². The molecule has 4 heteroatoms. The summed E-state index contributed by atoms with van der Waals surface area (Å²) in [5.41, 5.74) is 1.67. The zero-order valence-corrected chi connectivity index (χ0v) is 22.8. The number of fused-ring (bicyclic) bond motifs is 6. The highest BCUT2D eigenvalue weighted by Crippen LogP contribution is 2.40. The Morgan fingerprint density at radius 2 is 1.30 bits per heavy atom. The Labute approximate surface area is 270 Å². The van der Waals surface area contributed by atoms with E-state index in [-0.39, 0.29) is 38.9 Å². The highest BCUT2D eigenvalue weighted by atomic mass is 16.3. The molecule has 0 amide bonds. The summed E-state index contributed by atoms with van der Waals surface area (Å²) in [5.74, 6) is 0.219. The van der Waals surface area contributed by atoms with E-state index in [0.29, 0.717) is 28.0 Å². The predicted molar refractivity (Wildman–Crippen MR) is 180 cm³/mol. The first-order chi connectivity index (χ1) is 26.8. The van der Waals surface area contributed by atoms with Crippen molar-refractivity contribution in [3.63, 3.8) is 0 Å². The summed E-state index contributed by atoms with van der Waals surface area (Å²) in [4.78, 5) is 9.83. The van der Waals surface area contributed by atoms with Crippen LogP contribution in [-0.4, -0.2) is 14.5 Å². The smallest absolute Gasteiger partial charge is 0.160 e. The van der Waals surface area contributed by atoms with Crippen LogP contribution in [0.15, 0.2) is 156 Å². The van der Waals surface area contributed by atoms with Gasteiger partial charge in [0.15, 0.2) is 5.82 Å². The number of rotatable bonds is 4. The van der Waals surface area contributed by atoms with Gasteiger partial charge in [0.05, 0.1) is 38.9 Å². The summed E-state index contributed by atoms with van der Waals surface area (Å²) in [7, 11) is 0. The van der Waals surface area contributed by atoms with Gasteiger partial charge in [-0.3, -0.25) is 0 Å². The first kappa shape index (κ1) is 15.5. The standard InChI is InChI=1S/C40H25N3O/c1-3-13-26(14-4-1)40-41-33(25-34(42-40)31-21-11-19-29-28-17-8-10-24-37(28)44-39(29)31)30-20-12-23-36-38(30)32-18-7-9-22-35(32)43(36)27-15-5-2-6-16-27/h1-25H/i2D,5D,6D,7D,9D,12D,15D,16D,18D,20D,22D,23D. The molecule has 4 nitrogen and oxygen atoms in total. The molecular weight excluding hydrogens is 538 g/mol. The van der Waals surface area contributed by atoms with E-state index in [4.69, 9.17) is 28.1 Å². The van der Waals surface area contributed by atoms with Crippen LogP contribution in [0, 0.1) is 0 Å². The lowest BCUT2D eigenvalue weighted by molar-refractivity contribution is 0.670. The maximum atomic E-state index is 9.35. The van der Waals surface area contributed by atoms with Gasteiger partial charge in [-0.25, -0.2) is 9.97 Å². The second kappa shape index (κ2) is 9.79. The second-order valence-electron chi connectivity index (χ2n) is 10.1. The summed E-state index contributed by atoms with van der Waals surface area (Å²) in [6, 6.07) is 16.1. The maximum Gasteiger partial charge on any atom is 0.160 e. The Kier molecular flexibility index (Phi) is 3.44. The van der Waals surface area contributed by atoms with E-state index in [1.165, 1.54) is 0 Å². The Balaban J connectivity index is 1.49. The fraction of sp³-hybridized carbons (Fsp3) is 0. The van der Waals surface area contributed by atoms with E-state index in [9.17, 15) is 2.74 Å². The van der Waals surface area contributed by atoms with E-state index >= 15 is 0 Å². The van der Waals surface area contributed by atoms with Crippen LogP contribution < -0.4 is 0 Å². The van der Waals surface area contributed by atoms with Gasteiger partial charge in [0, 0.05) is 43.9 Å². The van der Waals surface area contributed by atoms with Crippen molar-refractivity contribution >= 4 is 43.7 Å². The lowest BCUT2D eigenvalue weighted by Gasteiger charge is -2.11. The molecule has 0 saturated heterocycles. The molecule has 0 fully saturated rings. The first-order valence-electron chi connectivity index (χ1n) is 19.8. The number of nitrogens with zero attached hydrogens (tertiary/aromatic N) is 3. The molecule has 0 aliphatic rings. The summed E-state index contributed by atoms with van der Waals surface area (Å²) in [6.45, 7) is 0. The monoisotopic (exact) mass is 575 g/mol. The van der Waals surface area contributed by atoms with Crippen LogP contribution in [0.5, 0.6) is 0 Å². The van der Waals surface area contributed by atoms with Crippen molar-refractivity contribution in [3.05, 3.63) is 151 Å². The fourth-order valence-electron chi connectivity index (χ4n) is 5.72. The van der Waals surface area contributed by atoms with Gasteiger partial charge in [-0.15, -0.1) is 0 Å². The van der Waals surface area contributed by atoms with Gasteiger partial charge < -0.3 is 8.98 Å². The molecule has 0 atom stereocenters. The molecule has 0 unspecified atom stereocenters. The minimum absolute atomic E-state index is 0.0676. The number of hydrogen-bond acceptors (Lipinski definition) is 3. The number of hydrogen-bond donors (Lipinski definition) is 0.